The SMILES string of the molecule is C[C@H]1Cc2c([nH]c3ncccc23)[C@H](c2c(F)cc(OCCN3CC(CF)C3)cc2F)N1CC(C)(C)F. The van der Waals surface area contributed by atoms with Gasteiger partial charge in [0.1, 0.15) is 35.3 Å². The van der Waals surface area contributed by atoms with Gasteiger partial charge in [0.25, 0.3) is 0 Å². The lowest BCUT2D eigenvalue weighted by Crippen LogP contribution is -2.49. The van der Waals surface area contributed by atoms with Crippen LogP contribution >= 0.6 is 0 Å². The molecule has 5 rings (SSSR count). The van der Waals surface area contributed by atoms with Crippen molar-refractivity contribution in [2.24, 2.45) is 5.92 Å². The van der Waals surface area contributed by atoms with Gasteiger partial charge in [-0.1, -0.05) is 0 Å². The number of alkyl halides is 2. The molecule has 9 heteroatoms. The van der Waals surface area contributed by atoms with E-state index >= 15 is 8.78 Å². The number of nitrogens with one attached hydrogen (secondary N) is 1. The second kappa shape index (κ2) is 9.67. The van der Waals surface area contributed by atoms with Crippen LogP contribution in [0.5, 0.6) is 5.75 Å². The summed E-state index contributed by atoms with van der Waals surface area (Å²) in [6.45, 7) is 6.71. The Kier molecular flexibility index (Phi) is 6.72. The van der Waals surface area contributed by atoms with Gasteiger partial charge in [-0.3, -0.25) is 14.2 Å². The van der Waals surface area contributed by atoms with Crippen LogP contribution in [0.3, 0.4) is 0 Å². The monoisotopic (exact) mass is 504 g/mol. The van der Waals surface area contributed by atoms with Gasteiger partial charge in [0.15, 0.2) is 0 Å². The average Bonchev–Trinajstić information content (AvgIpc) is 3.14. The van der Waals surface area contributed by atoms with E-state index in [1.54, 1.807) is 6.20 Å². The van der Waals surface area contributed by atoms with Gasteiger partial charge in [-0.05, 0) is 44.9 Å². The highest BCUT2D eigenvalue weighted by Crippen LogP contribution is 2.43. The fourth-order valence-corrected chi connectivity index (χ4v) is 5.53. The molecule has 0 spiro atoms. The Morgan fingerprint density at radius 1 is 1.19 bits per heavy atom. The van der Waals surface area contributed by atoms with Gasteiger partial charge >= 0.3 is 0 Å². The minimum absolute atomic E-state index is 0.00784. The van der Waals surface area contributed by atoms with Crippen LogP contribution in [0.25, 0.3) is 11.0 Å². The third-order valence-corrected chi connectivity index (χ3v) is 7.19. The summed E-state index contributed by atoms with van der Waals surface area (Å²) in [4.78, 5) is 11.5. The van der Waals surface area contributed by atoms with E-state index in [1.807, 2.05) is 28.9 Å². The molecular formula is C27H32F4N4O. The number of hydrogen-bond acceptors (Lipinski definition) is 4. The molecule has 36 heavy (non-hydrogen) atoms. The van der Waals surface area contributed by atoms with Crippen LogP contribution in [0.15, 0.2) is 30.5 Å². The Morgan fingerprint density at radius 2 is 1.92 bits per heavy atom. The van der Waals surface area contributed by atoms with Crippen LogP contribution in [0.4, 0.5) is 17.6 Å². The highest BCUT2D eigenvalue weighted by Gasteiger charge is 2.41. The van der Waals surface area contributed by atoms with Crippen molar-refractivity contribution in [2.75, 3.05) is 39.5 Å². The summed E-state index contributed by atoms with van der Waals surface area (Å²) in [5, 5.41) is 0.908. The van der Waals surface area contributed by atoms with E-state index in [0.29, 0.717) is 37.4 Å². The first kappa shape index (κ1) is 25.0. The maximum atomic E-state index is 15.6. The van der Waals surface area contributed by atoms with Gasteiger partial charge in [0.2, 0.25) is 0 Å². The molecule has 0 amide bonds. The molecule has 5 nitrogen and oxygen atoms in total. The molecule has 1 saturated heterocycles. The van der Waals surface area contributed by atoms with Crippen molar-refractivity contribution in [2.45, 2.75) is 44.9 Å². The molecule has 0 saturated carbocycles. The maximum absolute atomic E-state index is 15.6. The topological polar surface area (TPSA) is 44.4 Å². The first-order valence-corrected chi connectivity index (χ1v) is 12.4. The minimum atomic E-state index is -1.57. The third-order valence-electron chi connectivity index (χ3n) is 7.19. The van der Waals surface area contributed by atoms with E-state index in [9.17, 15) is 8.78 Å². The van der Waals surface area contributed by atoms with Gasteiger partial charge in [-0.15, -0.1) is 0 Å². The number of likely N-dealkylation sites (tertiary alicyclic amines) is 1. The van der Waals surface area contributed by atoms with E-state index in [1.165, 1.54) is 26.0 Å². The van der Waals surface area contributed by atoms with Crippen LogP contribution in [0.2, 0.25) is 0 Å². The van der Waals surface area contributed by atoms with Gasteiger partial charge in [-0.2, -0.15) is 0 Å². The Morgan fingerprint density at radius 3 is 2.58 bits per heavy atom. The molecule has 0 unspecified atom stereocenters. The highest BCUT2D eigenvalue weighted by molar-refractivity contribution is 5.82. The first-order valence-electron chi connectivity index (χ1n) is 12.4. The molecular weight excluding hydrogens is 472 g/mol. The van der Waals surface area contributed by atoms with Crippen molar-refractivity contribution in [3.05, 3.63) is 58.9 Å². The van der Waals surface area contributed by atoms with Crippen LogP contribution in [0.1, 0.15) is 43.6 Å². The molecule has 1 aromatic carbocycles. The van der Waals surface area contributed by atoms with Crippen molar-refractivity contribution in [1.82, 2.24) is 19.8 Å². The van der Waals surface area contributed by atoms with E-state index in [2.05, 4.69) is 9.97 Å². The number of hydrogen-bond donors (Lipinski definition) is 1. The first-order chi connectivity index (χ1) is 17.1. The molecule has 2 aromatic heterocycles. The quantitative estimate of drug-likeness (QED) is 0.428. The number of nitrogens with zero attached hydrogens (tertiary/aromatic N) is 3. The molecule has 194 valence electrons. The number of halogens is 4. The number of benzene rings is 1. The summed E-state index contributed by atoms with van der Waals surface area (Å²) in [6.07, 6.45) is 2.27. The Hall–Kier alpha value is -2.65. The summed E-state index contributed by atoms with van der Waals surface area (Å²) in [6, 6.07) is 5.15. The molecule has 4 heterocycles. The highest BCUT2D eigenvalue weighted by atomic mass is 19.1. The van der Waals surface area contributed by atoms with E-state index in [0.717, 1.165) is 10.9 Å². The normalized spacial score (nSPS) is 21.5. The second-order valence-corrected chi connectivity index (χ2v) is 10.7. The van der Waals surface area contributed by atoms with Crippen LogP contribution in [-0.4, -0.2) is 70.9 Å². The minimum Gasteiger partial charge on any atom is -0.492 e. The summed E-state index contributed by atoms with van der Waals surface area (Å²) in [5.74, 6) is -1.33. The van der Waals surface area contributed by atoms with Crippen molar-refractivity contribution in [3.63, 3.8) is 0 Å². The summed E-state index contributed by atoms with van der Waals surface area (Å²) in [5.41, 5.74) is 0.520. The third kappa shape index (κ3) is 4.83. The number of pyridine rings is 1. The standard InChI is InChI=1S/C27H32F4N4O/c1-16-9-20-19-5-4-6-32-26(19)33-24(20)25(35(16)15-27(2,3)31)23-21(29)10-18(11-22(23)30)36-8-7-34-13-17(12-28)14-34/h4-6,10-11,16-17,25H,7-9,12-15H2,1-3H3,(H,32,33)/t16-,25-/m0/s1. The predicted molar refractivity (Wildman–Crippen MR) is 131 cm³/mol. The fourth-order valence-electron chi connectivity index (χ4n) is 5.53. The molecule has 3 aromatic rings. The number of ether oxygens (including phenoxy) is 1. The van der Waals surface area contributed by atoms with Gasteiger partial charge in [0, 0.05) is 73.1 Å². The maximum Gasteiger partial charge on any atom is 0.137 e. The fraction of sp³-hybridized carbons (Fsp3) is 0.519. The number of H-pyrrole nitrogens is 1. The molecule has 0 radical (unpaired) electrons. The summed E-state index contributed by atoms with van der Waals surface area (Å²) < 4.78 is 64.3. The van der Waals surface area contributed by atoms with Crippen LogP contribution < -0.4 is 4.74 Å². The Balaban J connectivity index is 1.47. The molecule has 2 aliphatic heterocycles. The summed E-state index contributed by atoms with van der Waals surface area (Å²) >= 11 is 0. The molecule has 1 N–H and O–H groups in total. The summed E-state index contributed by atoms with van der Waals surface area (Å²) in [7, 11) is 0. The van der Waals surface area contributed by atoms with E-state index in [4.69, 9.17) is 4.74 Å². The van der Waals surface area contributed by atoms with Crippen molar-refractivity contribution >= 4 is 11.0 Å². The largest absolute Gasteiger partial charge is 0.492 e. The molecule has 0 aliphatic carbocycles. The zero-order valence-electron chi connectivity index (χ0n) is 20.8. The molecule has 0 bridgehead atoms. The number of fused-ring (bicyclic) bond motifs is 3. The molecule has 2 atom stereocenters. The molecule has 1 fully saturated rings. The second-order valence-electron chi connectivity index (χ2n) is 10.7. The van der Waals surface area contributed by atoms with Crippen LogP contribution in [-0.2, 0) is 6.42 Å². The Bertz CT molecular complexity index is 1210. The number of aromatic nitrogens is 2. The van der Waals surface area contributed by atoms with Crippen molar-refractivity contribution < 1.29 is 22.3 Å². The zero-order valence-corrected chi connectivity index (χ0v) is 20.8. The van der Waals surface area contributed by atoms with Gasteiger partial charge in [-0.25, -0.2) is 18.2 Å². The average molecular weight is 505 g/mol. The lowest BCUT2D eigenvalue weighted by atomic mass is 9.87. The van der Waals surface area contributed by atoms with Crippen molar-refractivity contribution in [3.8, 4) is 5.75 Å². The number of rotatable bonds is 8. The number of aromatic amines is 1. The van der Waals surface area contributed by atoms with Gasteiger partial charge in [0.05, 0.1) is 12.7 Å². The lowest BCUT2D eigenvalue weighted by molar-refractivity contribution is 0.0637. The van der Waals surface area contributed by atoms with E-state index < -0.39 is 23.3 Å². The molecule has 2 aliphatic rings. The smallest absolute Gasteiger partial charge is 0.137 e. The predicted octanol–water partition coefficient (Wildman–Crippen LogP) is 5.21. The van der Waals surface area contributed by atoms with E-state index in [-0.39, 0.29) is 43.1 Å². The zero-order chi connectivity index (χ0) is 25.6. The van der Waals surface area contributed by atoms with Gasteiger partial charge < -0.3 is 9.72 Å². The Labute approximate surface area is 208 Å². The van der Waals surface area contributed by atoms with Crippen LogP contribution in [0, 0.1) is 17.6 Å². The lowest BCUT2D eigenvalue weighted by Gasteiger charge is -2.43. The van der Waals surface area contributed by atoms with Crippen molar-refractivity contribution in [1.29, 1.82) is 0 Å².